The Labute approximate surface area is 178 Å². The molecule has 4 rings (SSSR count). The van der Waals surface area contributed by atoms with Gasteiger partial charge in [-0.1, -0.05) is 42.5 Å². The van der Waals surface area contributed by atoms with Crippen LogP contribution in [0.25, 0.3) is 0 Å². The molecule has 1 aromatic heterocycles. The Morgan fingerprint density at radius 3 is 2.31 bits per heavy atom. The Bertz CT molecular complexity index is 1120. The molecule has 1 amide bonds. The number of halogens is 6. The van der Waals surface area contributed by atoms with Crippen LogP contribution in [0, 0.1) is 0 Å². The minimum absolute atomic E-state index is 0.214. The van der Waals surface area contributed by atoms with E-state index in [1.165, 1.54) is 12.1 Å². The van der Waals surface area contributed by atoms with Gasteiger partial charge in [0, 0.05) is 6.42 Å². The standard InChI is InChI=1S/C21H16F6N4O/c22-20(23,24)14-8-4-5-9-15(14)30-19(32)13-11-28-31-17(21(25,26)27)10-16(29-18(13)31)12-6-2-1-3-7-12/h1-9,11,16-17,29H,10H2,(H,30,32)/t16-,17+/m0/s1. The van der Waals surface area contributed by atoms with Gasteiger partial charge in [0.2, 0.25) is 0 Å². The zero-order valence-electron chi connectivity index (χ0n) is 16.2. The van der Waals surface area contributed by atoms with Gasteiger partial charge in [0.05, 0.1) is 23.5 Å². The number of anilines is 2. The Kier molecular flexibility index (Phi) is 5.35. The smallest absolute Gasteiger partial charge is 0.363 e. The Morgan fingerprint density at radius 1 is 1.00 bits per heavy atom. The van der Waals surface area contributed by atoms with Crippen LogP contribution in [0.2, 0.25) is 0 Å². The number of hydrogen-bond donors (Lipinski definition) is 2. The number of aromatic nitrogens is 2. The van der Waals surface area contributed by atoms with Crippen molar-refractivity contribution < 1.29 is 31.1 Å². The molecule has 0 bridgehead atoms. The van der Waals surface area contributed by atoms with E-state index < -0.39 is 41.6 Å². The van der Waals surface area contributed by atoms with Gasteiger partial charge in [-0.3, -0.25) is 4.79 Å². The molecule has 2 heterocycles. The van der Waals surface area contributed by atoms with E-state index in [9.17, 15) is 31.1 Å². The topological polar surface area (TPSA) is 59.0 Å². The molecule has 11 heteroatoms. The number of fused-ring (bicyclic) bond motifs is 1. The molecule has 2 N–H and O–H groups in total. The Balaban J connectivity index is 1.70. The predicted octanol–water partition coefficient (Wildman–Crippen LogP) is 5.81. The van der Waals surface area contributed by atoms with Crippen molar-refractivity contribution in [3.8, 4) is 0 Å². The summed E-state index contributed by atoms with van der Waals surface area (Å²) in [5.74, 6) is -1.22. The number of alkyl halides is 6. The first-order valence-corrected chi connectivity index (χ1v) is 9.49. The van der Waals surface area contributed by atoms with E-state index >= 15 is 0 Å². The van der Waals surface area contributed by atoms with Gasteiger partial charge in [-0.25, -0.2) is 4.68 Å². The van der Waals surface area contributed by atoms with E-state index in [0.717, 1.165) is 18.3 Å². The molecule has 168 valence electrons. The normalized spacial score (nSPS) is 18.6. The molecule has 0 spiro atoms. The number of benzene rings is 2. The SMILES string of the molecule is O=C(Nc1ccccc1C(F)(F)F)c1cnn2c1N[C@H](c1ccccc1)C[C@@H]2C(F)(F)F. The van der Waals surface area contributed by atoms with Gasteiger partial charge in [-0.05, 0) is 17.7 Å². The van der Waals surface area contributed by atoms with Crippen molar-refractivity contribution in [3.05, 3.63) is 77.5 Å². The molecule has 2 aromatic carbocycles. The molecule has 2 atom stereocenters. The highest BCUT2D eigenvalue weighted by molar-refractivity contribution is 6.08. The van der Waals surface area contributed by atoms with E-state index in [1.807, 2.05) is 0 Å². The maximum absolute atomic E-state index is 13.7. The lowest BCUT2D eigenvalue weighted by atomic mass is 9.96. The highest BCUT2D eigenvalue weighted by atomic mass is 19.4. The van der Waals surface area contributed by atoms with Crippen molar-refractivity contribution >= 4 is 17.4 Å². The molecule has 1 aliphatic heterocycles. The lowest BCUT2D eigenvalue weighted by Crippen LogP contribution is -2.36. The highest BCUT2D eigenvalue weighted by Crippen LogP contribution is 2.44. The summed E-state index contributed by atoms with van der Waals surface area (Å²) in [5.41, 5.74) is -1.30. The molecular formula is C21H16F6N4O. The second-order valence-electron chi connectivity index (χ2n) is 7.25. The fourth-order valence-electron chi connectivity index (χ4n) is 3.66. The number of amides is 1. The molecule has 0 unspecified atom stereocenters. The van der Waals surface area contributed by atoms with E-state index in [2.05, 4.69) is 15.7 Å². The van der Waals surface area contributed by atoms with Gasteiger partial charge in [-0.2, -0.15) is 31.4 Å². The highest BCUT2D eigenvalue weighted by Gasteiger charge is 2.47. The van der Waals surface area contributed by atoms with Gasteiger partial charge in [0.1, 0.15) is 11.4 Å². The molecule has 0 fully saturated rings. The number of rotatable bonds is 3. The largest absolute Gasteiger partial charge is 0.418 e. The van der Waals surface area contributed by atoms with Crippen LogP contribution < -0.4 is 10.6 Å². The van der Waals surface area contributed by atoms with Crippen LogP contribution in [0.3, 0.4) is 0 Å². The second-order valence-corrected chi connectivity index (χ2v) is 7.25. The number of carbonyl (C=O) groups excluding carboxylic acids is 1. The number of nitrogens with one attached hydrogen (secondary N) is 2. The molecule has 0 saturated carbocycles. The van der Waals surface area contributed by atoms with Crippen molar-refractivity contribution in [3.63, 3.8) is 0 Å². The minimum atomic E-state index is -4.72. The first-order chi connectivity index (χ1) is 15.1. The first-order valence-electron chi connectivity index (χ1n) is 9.49. The molecule has 3 aromatic rings. The zero-order valence-corrected chi connectivity index (χ0v) is 16.2. The number of para-hydroxylation sites is 1. The number of hydrogen-bond acceptors (Lipinski definition) is 3. The average molecular weight is 454 g/mol. The molecule has 0 aliphatic carbocycles. The summed E-state index contributed by atoms with van der Waals surface area (Å²) >= 11 is 0. The van der Waals surface area contributed by atoms with Crippen molar-refractivity contribution in [1.29, 1.82) is 0 Å². The van der Waals surface area contributed by atoms with Gasteiger partial charge < -0.3 is 10.6 Å². The van der Waals surface area contributed by atoms with Crippen molar-refractivity contribution in [1.82, 2.24) is 9.78 Å². The average Bonchev–Trinajstić information content (AvgIpc) is 3.16. The summed E-state index contributed by atoms with van der Waals surface area (Å²) < 4.78 is 81.6. The van der Waals surface area contributed by atoms with E-state index in [0.29, 0.717) is 10.2 Å². The van der Waals surface area contributed by atoms with E-state index in [1.54, 1.807) is 30.3 Å². The lowest BCUT2D eigenvalue weighted by Gasteiger charge is -2.34. The zero-order chi connectivity index (χ0) is 23.1. The molecule has 0 radical (unpaired) electrons. The summed E-state index contributed by atoms with van der Waals surface area (Å²) in [7, 11) is 0. The quantitative estimate of drug-likeness (QED) is 0.491. The van der Waals surface area contributed by atoms with Crippen molar-refractivity contribution in [2.24, 2.45) is 0 Å². The molecule has 5 nitrogen and oxygen atoms in total. The monoisotopic (exact) mass is 454 g/mol. The minimum Gasteiger partial charge on any atom is -0.363 e. The predicted molar refractivity (Wildman–Crippen MR) is 104 cm³/mol. The van der Waals surface area contributed by atoms with E-state index in [-0.39, 0.29) is 17.8 Å². The maximum Gasteiger partial charge on any atom is 0.418 e. The molecule has 1 aliphatic rings. The van der Waals surface area contributed by atoms with Crippen molar-refractivity contribution in [2.75, 3.05) is 10.6 Å². The van der Waals surface area contributed by atoms with Crippen LogP contribution in [-0.2, 0) is 6.18 Å². The van der Waals surface area contributed by atoms with Gasteiger partial charge in [-0.15, -0.1) is 0 Å². The Morgan fingerprint density at radius 2 is 1.66 bits per heavy atom. The fraction of sp³-hybridized carbons (Fsp3) is 0.238. The third-order valence-corrected chi connectivity index (χ3v) is 5.17. The molecule has 32 heavy (non-hydrogen) atoms. The van der Waals surface area contributed by atoms with Crippen LogP contribution in [-0.4, -0.2) is 21.9 Å². The third kappa shape index (κ3) is 4.14. The van der Waals surface area contributed by atoms with Gasteiger partial charge in [0.15, 0.2) is 6.04 Å². The number of nitrogens with zero attached hydrogens (tertiary/aromatic N) is 2. The van der Waals surface area contributed by atoms with Crippen LogP contribution in [0.5, 0.6) is 0 Å². The summed E-state index contributed by atoms with van der Waals surface area (Å²) in [4.78, 5) is 12.8. The number of carbonyl (C=O) groups is 1. The van der Waals surface area contributed by atoms with Crippen LogP contribution >= 0.6 is 0 Å². The second kappa shape index (κ2) is 7.88. The fourth-order valence-corrected chi connectivity index (χ4v) is 3.66. The lowest BCUT2D eigenvalue weighted by molar-refractivity contribution is -0.173. The Hall–Kier alpha value is -3.50. The molecule has 0 saturated heterocycles. The third-order valence-electron chi connectivity index (χ3n) is 5.17. The summed E-state index contributed by atoms with van der Waals surface area (Å²) in [5, 5.41) is 8.75. The molecular weight excluding hydrogens is 438 g/mol. The maximum atomic E-state index is 13.7. The van der Waals surface area contributed by atoms with Crippen LogP contribution in [0.15, 0.2) is 60.8 Å². The first kappa shape index (κ1) is 21.7. The van der Waals surface area contributed by atoms with Crippen molar-refractivity contribution in [2.45, 2.75) is 30.9 Å². The summed E-state index contributed by atoms with van der Waals surface area (Å²) in [6.45, 7) is 0. The van der Waals surface area contributed by atoms with E-state index in [4.69, 9.17) is 0 Å². The van der Waals surface area contributed by atoms with Gasteiger partial charge in [0.25, 0.3) is 5.91 Å². The summed E-state index contributed by atoms with van der Waals surface area (Å²) in [6, 6.07) is 9.92. The van der Waals surface area contributed by atoms with Crippen LogP contribution in [0.4, 0.5) is 37.8 Å². The van der Waals surface area contributed by atoms with Gasteiger partial charge >= 0.3 is 12.4 Å². The van der Waals surface area contributed by atoms with Crippen LogP contribution in [0.1, 0.15) is 40.0 Å². The summed E-state index contributed by atoms with van der Waals surface area (Å²) in [6.07, 6.45) is -8.81.